The fraction of sp³-hybridized carbons (Fsp3) is 0.167. The molecular formula is C12H11ClN2O2. The lowest BCUT2D eigenvalue weighted by molar-refractivity contribution is 0.102. The zero-order valence-electron chi connectivity index (χ0n) is 9.48. The number of halogens is 1. The number of rotatable bonds is 3. The number of nitrogens with zero attached hydrogens (tertiary/aromatic N) is 2. The highest BCUT2D eigenvalue weighted by Gasteiger charge is 2.20. The van der Waals surface area contributed by atoms with Gasteiger partial charge in [-0.15, -0.1) is 0 Å². The van der Waals surface area contributed by atoms with Crippen LogP contribution in [0.5, 0.6) is 5.75 Å². The van der Waals surface area contributed by atoms with Crippen molar-refractivity contribution >= 4 is 17.4 Å². The zero-order chi connectivity index (χ0) is 12.4. The molecule has 4 nitrogen and oxygen atoms in total. The Balaban J connectivity index is 2.51. The summed E-state index contributed by atoms with van der Waals surface area (Å²) in [6, 6.07) is 6.90. The molecule has 1 aromatic heterocycles. The minimum Gasteiger partial charge on any atom is -0.493 e. The lowest BCUT2D eigenvalue weighted by Gasteiger charge is -2.05. The number of ether oxygens (including phenoxy) is 1. The number of aromatic nitrogens is 2. The van der Waals surface area contributed by atoms with Crippen molar-refractivity contribution in [2.24, 2.45) is 7.05 Å². The number of ketones is 1. The van der Waals surface area contributed by atoms with Crippen LogP contribution >= 0.6 is 11.6 Å². The van der Waals surface area contributed by atoms with Crippen molar-refractivity contribution in [1.82, 2.24) is 9.78 Å². The minimum atomic E-state index is -0.201. The molecule has 0 amide bonds. The van der Waals surface area contributed by atoms with Gasteiger partial charge >= 0.3 is 0 Å². The smallest absolute Gasteiger partial charge is 0.216 e. The molecule has 0 fully saturated rings. The molecule has 17 heavy (non-hydrogen) atoms. The van der Waals surface area contributed by atoms with Crippen LogP contribution in [0.15, 0.2) is 30.5 Å². The van der Waals surface area contributed by atoms with Gasteiger partial charge in [0.25, 0.3) is 0 Å². The van der Waals surface area contributed by atoms with Gasteiger partial charge in [-0.1, -0.05) is 23.7 Å². The number of carbonyl (C=O) groups is 1. The maximum Gasteiger partial charge on any atom is 0.216 e. The second-order valence-corrected chi connectivity index (χ2v) is 3.90. The molecule has 0 bridgehead atoms. The van der Waals surface area contributed by atoms with E-state index in [0.29, 0.717) is 22.0 Å². The molecule has 0 unspecified atom stereocenters. The van der Waals surface area contributed by atoms with E-state index in [-0.39, 0.29) is 5.78 Å². The standard InChI is InChI=1S/C12H11ClN2O2/c1-15-11(10(17-2)7-14-15)12(16)8-5-3-4-6-9(8)13/h3-7H,1-2H3. The van der Waals surface area contributed by atoms with Crippen molar-refractivity contribution in [2.45, 2.75) is 0 Å². The predicted octanol–water partition coefficient (Wildman–Crippen LogP) is 2.31. The van der Waals surface area contributed by atoms with Gasteiger partial charge in [0.05, 0.1) is 18.3 Å². The fourth-order valence-electron chi connectivity index (χ4n) is 1.60. The van der Waals surface area contributed by atoms with E-state index in [0.717, 1.165) is 0 Å². The van der Waals surface area contributed by atoms with Crippen LogP contribution in [-0.4, -0.2) is 22.7 Å². The number of hydrogen-bond acceptors (Lipinski definition) is 3. The van der Waals surface area contributed by atoms with E-state index in [1.807, 2.05) is 0 Å². The summed E-state index contributed by atoms with van der Waals surface area (Å²) in [7, 11) is 3.19. The van der Waals surface area contributed by atoms with Crippen molar-refractivity contribution in [3.63, 3.8) is 0 Å². The summed E-state index contributed by atoms with van der Waals surface area (Å²) in [5.74, 6) is 0.241. The number of hydrogen-bond donors (Lipinski definition) is 0. The molecule has 0 N–H and O–H groups in total. The summed E-state index contributed by atoms with van der Waals surface area (Å²) < 4.78 is 6.58. The second kappa shape index (κ2) is 4.59. The van der Waals surface area contributed by atoms with Crippen LogP contribution in [-0.2, 0) is 7.05 Å². The van der Waals surface area contributed by atoms with Crippen LogP contribution in [0.4, 0.5) is 0 Å². The van der Waals surface area contributed by atoms with E-state index in [1.54, 1.807) is 31.3 Å². The Bertz CT molecular complexity index is 563. The summed E-state index contributed by atoms with van der Waals surface area (Å²) >= 11 is 5.99. The van der Waals surface area contributed by atoms with Gasteiger partial charge in [-0.3, -0.25) is 9.48 Å². The van der Waals surface area contributed by atoms with Gasteiger partial charge in [-0.05, 0) is 12.1 Å². The summed E-state index contributed by atoms with van der Waals surface area (Å²) in [6.07, 6.45) is 1.50. The topological polar surface area (TPSA) is 44.1 Å². The first-order chi connectivity index (χ1) is 8.15. The summed E-state index contributed by atoms with van der Waals surface area (Å²) in [5.41, 5.74) is 0.830. The van der Waals surface area contributed by atoms with Gasteiger partial charge < -0.3 is 4.74 Å². The fourth-order valence-corrected chi connectivity index (χ4v) is 1.82. The van der Waals surface area contributed by atoms with E-state index in [2.05, 4.69) is 5.10 Å². The van der Waals surface area contributed by atoms with Crippen LogP contribution in [0.2, 0.25) is 5.02 Å². The van der Waals surface area contributed by atoms with E-state index in [4.69, 9.17) is 16.3 Å². The molecule has 0 atom stereocenters. The first-order valence-electron chi connectivity index (χ1n) is 5.00. The minimum absolute atomic E-state index is 0.201. The SMILES string of the molecule is COc1cnn(C)c1C(=O)c1ccccc1Cl. The first kappa shape index (κ1) is 11.7. The Morgan fingerprint density at radius 2 is 2.12 bits per heavy atom. The van der Waals surface area contributed by atoms with Crippen molar-refractivity contribution in [3.05, 3.63) is 46.7 Å². The second-order valence-electron chi connectivity index (χ2n) is 3.49. The first-order valence-corrected chi connectivity index (χ1v) is 5.38. The molecular weight excluding hydrogens is 240 g/mol. The average molecular weight is 251 g/mol. The Morgan fingerprint density at radius 3 is 2.76 bits per heavy atom. The molecule has 88 valence electrons. The third kappa shape index (κ3) is 2.03. The van der Waals surface area contributed by atoms with Crippen LogP contribution < -0.4 is 4.74 Å². The predicted molar refractivity (Wildman–Crippen MR) is 64.6 cm³/mol. The molecule has 0 saturated heterocycles. The maximum atomic E-state index is 12.3. The Hall–Kier alpha value is -1.81. The third-order valence-electron chi connectivity index (χ3n) is 2.46. The molecule has 2 aromatic rings. The highest BCUT2D eigenvalue weighted by atomic mass is 35.5. The molecule has 0 aliphatic heterocycles. The normalized spacial score (nSPS) is 10.3. The van der Waals surface area contributed by atoms with Crippen LogP contribution in [0, 0.1) is 0 Å². The van der Waals surface area contributed by atoms with Crippen LogP contribution in [0.1, 0.15) is 16.1 Å². The van der Waals surface area contributed by atoms with Gasteiger partial charge in [-0.2, -0.15) is 5.10 Å². The molecule has 1 heterocycles. The van der Waals surface area contributed by atoms with Gasteiger partial charge in [0.2, 0.25) is 5.78 Å². The molecule has 0 aliphatic rings. The number of methoxy groups -OCH3 is 1. The van der Waals surface area contributed by atoms with Gasteiger partial charge in [0.1, 0.15) is 0 Å². The van der Waals surface area contributed by atoms with Crippen LogP contribution in [0.25, 0.3) is 0 Å². The molecule has 1 aromatic carbocycles. The van der Waals surface area contributed by atoms with Gasteiger partial charge in [-0.25, -0.2) is 0 Å². The summed E-state index contributed by atoms with van der Waals surface area (Å²) in [6.45, 7) is 0. The number of benzene rings is 1. The largest absolute Gasteiger partial charge is 0.493 e. The quantitative estimate of drug-likeness (QED) is 0.786. The van der Waals surface area contributed by atoms with E-state index in [1.165, 1.54) is 18.0 Å². The molecule has 0 saturated carbocycles. The third-order valence-corrected chi connectivity index (χ3v) is 2.79. The Labute approximate surface area is 104 Å². The van der Waals surface area contributed by atoms with Gasteiger partial charge in [0.15, 0.2) is 11.4 Å². The highest BCUT2D eigenvalue weighted by Crippen LogP contribution is 2.24. The van der Waals surface area contributed by atoms with Crippen LogP contribution in [0.3, 0.4) is 0 Å². The maximum absolute atomic E-state index is 12.3. The van der Waals surface area contributed by atoms with Crippen molar-refractivity contribution < 1.29 is 9.53 Å². The number of aryl methyl sites for hydroxylation is 1. The molecule has 2 rings (SSSR count). The molecule has 0 spiro atoms. The molecule has 5 heteroatoms. The van der Waals surface area contributed by atoms with E-state index < -0.39 is 0 Å². The summed E-state index contributed by atoms with van der Waals surface area (Å²) in [5, 5.41) is 4.41. The van der Waals surface area contributed by atoms with E-state index >= 15 is 0 Å². The van der Waals surface area contributed by atoms with Crippen molar-refractivity contribution in [2.75, 3.05) is 7.11 Å². The zero-order valence-corrected chi connectivity index (χ0v) is 10.2. The molecule has 0 aliphatic carbocycles. The van der Waals surface area contributed by atoms with Crippen molar-refractivity contribution in [1.29, 1.82) is 0 Å². The number of carbonyl (C=O) groups excluding carboxylic acids is 1. The lowest BCUT2D eigenvalue weighted by Crippen LogP contribution is -2.10. The average Bonchev–Trinajstić information content (AvgIpc) is 2.70. The lowest BCUT2D eigenvalue weighted by atomic mass is 10.1. The summed E-state index contributed by atoms with van der Waals surface area (Å²) in [4.78, 5) is 12.3. The van der Waals surface area contributed by atoms with Crippen molar-refractivity contribution in [3.8, 4) is 5.75 Å². The highest BCUT2D eigenvalue weighted by molar-refractivity contribution is 6.35. The molecule has 0 radical (unpaired) electrons. The monoisotopic (exact) mass is 250 g/mol. The van der Waals surface area contributed by atoms with Gasteiger partial charge in [0, 0.05) is 12.6 Å². The van der Waals surface area contributed by atoms with E-state index in [9.17, 15) is 4.79 Å². The Morgan fingerprint density at radius 1 is 1.41 bits per heavy atom. The Kier molecular flexibility index (Phi) is 3.15.